The van der Waals surface area contributed by atoms with Gasteiger partial charge in [0.05, 0.1) is 11.2 Å². The van der Waals surface area contributed by atoms with Crippen LogP contribution in [0, 0.1) is 5.82 Å². The van der Waals surface area contributed by atoms with Crippen LogP contribution in [0.2, 0.25) is 0 Å². The van der Waals surface area contributed by atoms with Gasteiger partial charge in [0.15, 0.2) is 0 Å². The predicted octanol–water partition coefficient (Wildman–Crippen LogP) is 3.32. The maximum Gasteiger partial charge on any atom is 0.127 e. The van der Waals surface area contributed by atoms with Gasteiger partial charge in [-0.15, -0.1) is 11.3 Å². The summed E-state index contributed by atoms with van der Waals surface area (Å²) in [6.07, 6.45) is -0.509. The summed E-state index contributed by atoms with van der Waals surface area (Å²) in [5.41, 5.74) is 2.73. The third kappa shape index (κ3) is 2.66. The molecule has 0 aliphatic carbocycles. The van der Waals surface area contributed by atoms with E-state index in [1.165, 1.54) is 17.4 Å². The van der Waals surface area contributed by atoms with Crippen LogP contribution >= 0.6 is 27.3 Å². The molecule has 0 aliphatic heterocycles. The fourth-order valence-corrected chi connectivity index (χ4v) is 2.32. The molecular formula is C11H9BrFNOS. The number of rotatable bonds is 3. The molecule has 0 saturated carbocycles. The Labute approximate surface area is 105 Å². The van der Waals surface area contributed by atoms with Crippen molar-refractivity contribution >= 4 is 27.3 Å². The minimum absolute atomic E-state index is 0.239. The summed E-state index contributed by atoms with van der Waals surface area (Å²) in [7, 11) is 0. The molecule has 5 heteroatoms. The number of thiazole rings is 1. The Morgan fingerprint density at radius 2 is 2.31 bits per heavy atom. The summed E-state index contributed by atoms with van der Waals surface area (Å²) in [6, 6.07) is 4.81. The van der Waals surface area contributed by atoms with Gasteiger partial charge in [0.25, 0.3) is 0 Å². The second-order valence-corrected chi connectivity index (χ2v) is 5.00. The zero-order chi connectivity index (χ0) is 11.5. The Bertz CT molecular complexity index is 475. The molecule has 0 bridgehead atoms. The molecular weight excluding hydrogens is 293 g/mol. The standard InChI is InChI=1S/C11H9BrFNOS/c12-8-2-1-7(9(13)4-8)3-11(15)10-5-16-6-14-10/h1-2,4-6,11,15H,3H2. The van der Waals surface area contributed by atoms with Crippen LogP contribution in [0.1, 0.15) is 17.4 Å². The van der Waals surface area contributed by atoms with Crippen LogP contribution in [-0.2, 0) is 6.42 Å². The number of hydrogen-bond donors (Lipinski definition) is 1. The first-order valence-electron chi connectivity index (χ1n) is 4.67. The summed E-state index contributed by atoms with van der Waals surface area (Å²) >= 11 is 4.60. The van der Waals surface area contributed by atoms with Crippen LogP contribution in [0.15, 0.2) is 33.6 Å². The second kappa shape index (κ2) is 5.03. The Morgan fingerprint density at radius 3 is 2.94 bits per heavy atom. The Kier molecular flexibility index (Phi) is 3.68. The van der Waals surface area contributed by atoms with E-state index in [-0.39, 0.29) is 12.2 Å². The van der Waals surface area contributed by atoms with E-state index in [9.17, 15) is 9.50 Å². The Morgan fingerprint density at radius 1 is 1.50 bits per heavy atom. The Balaban J connectivity index is 2.15. The van der Waals surface area contributed by atoms with Gasteiger partial charge in [0.2, 0.25) is 0 Å². The van der Waals surface area contributed by atoms with Gasteiger partial charge in [-0.3, -0.25) is 0 Å². The maximum atomic E-state index is 13.5. The number of halogens is 2. The van der Waals surface area contributed by atoms with Crippen molar-refractivity contribution < 1.29 is 9.50 Å². The van der Waals surface area contributed by atoms with E-state index in [2.05, 4.69) is 20.9 Å². The highest BCUT2D eigenvalue weighted by atomic mass is 79.9. The predicted molar refractivity (Wildman–Crippen MR) is 64.9 cm³/mol. The fraction of sp³-hybridized carbons (Fsp3) is 0.182. The molecule has 0 saturated heterocycles. The number of aliphatic hydroxyl groups excluding tert-OH is 1. The summed E-state index contributed by atoms with van der Waals surface area (Å²) in [5, 5.41) is 11.6. The molecule has 1 heterocycles. The minimum Gasteiger partial charge on any atom is -0.386 e. The first-order valence-corrected chi connectivity index (χ1v) is 6.40. The lowest BCUT2D eigenvalue weighted by Gasteiger charge is -2.08. The average Bonchev–Trinajstić information content (AvgIpc) is 2.75. The molecule has 2 aromatic rings. The van der Waals surface area contributed by atoms with E-state index in [0.29, 0.717) is 15.7 Å². The lowest BCUT2D eigenvalue weighted by atomic mass is 10.1. The van der Waals surface area contributed by atoms with Crippen LogP contribution in [0.4, 0.5) is 4.39 Å². The van der Waals surface area contributed by atoms with Gasteiger partial charge < -0.3 is 5.11 Å². The van der Waals surface area contributed by atoms with Crippen molar-refractivity contribution in [1.82, 2.24) is 4.98 Å². The third-order valence-electron chi connectivity index (χ3n) is 2.22. The lowest BCUT2D eigenvalue weighted by Crippen LogP contribution is -2.03. The van der Waals surface area contributed by atoms with E-state index in [1.54, 1.807) is 23.0 Å². The SMILES string of the molecule is OC(Cc1ccc(Br)cc1F)c1cscn1. The molecule has 0 radical (unpaired) electrons. The number of aromatic nitrogens is 1. The van der Waals surface area contributed by atoms with Crippen molar-refractivity contribution in [2.75, 3.05) is 0 Å². The molecule has 1 aromatic heterocycles. The number of hydrogen-bond acceptors (Lipinski definition) is 3. The summed E-state index contributed by atoms with van der Waals surface area (Å²) in [6.45, 7) is 0. The fourth-order valence-electron chi connectivity index (χ4n) is 1.39. The van der Waals surface area contributed by atoms with Crippen molar-refractivity contribution in [2.24, 2.45) is 0 Å². The van der Waals surface area contributed by atoms with Gasteiger partial charge >= 0.3 is 0 Å². The van der Waals surface area contributed by atoms with Crippen molar-refractivity contribution in [3.05, 3.63) is 50.6 Å². The largest absolute Gasteiger partial charge is 0.386 e. The van der Waals surface area contributed by atoms with E-state index >= 15 is 0 Å². The molecule has 0 aliphatic rings. The zero-order valence-corrected chi connectivity index (χ0v) is 10.6. The first-order chi connectivity index (χ1) is 7.66. The molecule has 1 unspecified atom stereocenters. The van der Waals surface area contributed by atoms with Gasteiger partial charge in [0, 0.05) is 16.3 Å². The molecule has 1 N–H and O–H groups in total. The topological polar surface area (TPSA) is 33.1 Å². The van der Waals surface area contributed by atoms with Crippen molar-refractivity contribution in [2.45, 2.75) is 12.5 Å². The molecule has 2 nitrogen and oxygen atoms in total. The van der Waals surface area contributed by atoms with Crippen LogP contribution in [-0.4, -0.2) is 10.1 Å². The van der Waals surface area contributed by atoms with Gasteiger partial charge in [-0.05, 0) is 17.7 Å². The molecule has 0 spiro atoms. The normalized spacial score (nSPS) is 12.7. The summed E-state index contributed by atoms with van der Waals surface area (Å²) < 4.78 is 14.2. The molecule has 16 heavy (non-hydrogen) atoms. The van der Waals surface area contributed by atoms with Gasteiger partial charge in [-0.2, -0.15) is 0 Å². The highest BCUT2D eigenvalue weighted by Gasteiger charge is 2.13. The van der Waals surface area contributed by atoms with E-state index < -0.39 is 6.10 Å². The van der Waals surface area contributed by atoms with Crippen molar-refractivity contribution in [3.63, 3.8) is 0 Å². The first kappa shape index (κ1) is 11.7. The van der Waals surface area contributed by atoms with Crippen LogP contribution < -0.4 is 0 Å². The number of nitrogens with zero attached hydrogens (tertiary/aromatic N) is 1. The van der Waals surface area contributed by atoms with Crippen molar-refractivity contribution in [3.8, 4) is 0 Å². The average molecular weight is 302 g/mol. The third-order valence-corrected chi connectivity index (χ3v) is 3.32. The van der Waals surface area contributed by atoms with Crippen LogP contribution in [0.25, 0.3) is 0 Å². The van der Waals surface area contributed by atoms with Gasteiger partial charge in [-0.25, -0.2) is 9.37 Å². The monoisotopic (exact) mass is 301 g/mol. The highest BCUT2D eigenvalue weighted by molar-refractivity contribution is 9.10. The number of benzene rings is 1. The molecule has 0 fully saturated rings. The second-order valence-electron chi connectivity index (χ2n) is 3.37. The molecule has 84 valence electrons. The quantitative estimate of drug-likeness (QED) is 0.943. The lowest BCUT2D eigenvalue weighted by molar-refractivity contribution is 0.173. The molecule has 1 aromatic carbocycles. The molecule has 2 rings (SSSR count). The van der Waals surface area contributed by atoms with Gasteiger partial charge in [0.1, 0.15) is 11.9 Å². The maximum absolute atomic E-state index is 13.5. The van der Waals surface area contributed by atoms with E-state index in [0.717, 1.165) is 0 Å². The summed E-state index contributed by atoms with van der Waals surface area (Å²) in [5.74, 6) is -0.316. The zero-order valence-electron chi connectivity index (χ0n) is 8.23. The van der Waals surface area contributed by atoms with Gasteiger partial charge in [-0.1, -0.05) is 22.0 Å². The van der Waals surface area contributed by atoms with Crippen LogP contribution in [0.3, 0.4) is 0 Å². The Hall–Kier alpha value is -0.780. The van der Waals surface area contributed by atoms with Crippen molar-refractivity contribution in [1.29, 1.82) is 0 Å². The minimum atomic E-state index is -0.748. The summed E-state index contributed by atoms with van der Waals surface area (Å²) in [4.78, 5) is 4.00. The smallest absolute Gasteiger partial charge is 0.127 e. The molecule has 0 amide bonds. The van der Waals surface area contributed by atoms with E-state index in [1.807, 2.05) is 0 Å². The van der Waals surface area contributed by atoms with E-state index in [4.69, 9.17) is 0 Å². The highest BCUT2D eigenvalue weighted by Crippen LogP contribution is 2.22. The van der Waals surface area contributed by atoms with Crippen LogP contribution in [0.5, 0.6) is 0 Å². The molecule has 1 atom stereocenters. The number of aliphatic hydroxyl groups is 1.